The molecule has 0 radical (unpaired) electrons. The Labute approximate surface area is 149 Å². The second kappa shape index (κ2) is 6.75. The molecule has 0 aliphatic carbocycles. The maximum absolute atomic E-state index is 12.6. The van der Waals surface area contributed by atoms with Crippen LogP contribution >= 0.6 is 0 Å². The summed E-state index contributed by atoms with van der Waals surface area (Å²) in [4.78, 5) is 27.1. The zero-order valence-electron chi connectivity index (χ0n) is 14.2. The molecule has 26 heavy (non-hydrogen) atoms. The summed E-state index contributed by atoms with van der Waals surface area (Å²) in [5, 5.41) is 26.0. The highest BCUT2D eigenvalue weighted by Crippen LogP contribution is 2.29. The number of hydrogen-bond acceptors (Lipinski definition) is 6. The van der Waals surface area contributed by atoms with Gasteiger partial charge in [-0.3, -0.25) is 19.9 Å². The number of anilines is 1. The van der Waals surface area contributed by atoms with Crippen LogP contribution in [-0.2, 0) is 4.79 Å². The van der Waals surface area contributed by atoms with E-state index in [9.17, 15) is 20.0 Å². The molecule has 0 aromatic heterocycles. The van der Waals surface area contributed by atoms with Crippen LogP contribution in [0.5, 0.6) is 5.75 Å². The number of non-ortho nitro benzene ring substituents is 1. The number of aryl methyl sites for hydroxylation is 1. The Bertz CT molecular complexity index is 935. The number of phenolic OH excluding ortho intramolecular Hbond substituents is 1. The van der Waals surface area contributed by atoms with Crippen LogP contribution in [0, 0.1) is 23.0 Å². The van der Waals surface area contributed by atoms with Crippen molar-refractivity contribution in [1.29, 1.82) is 0 Å². The molecule has 0 saturated carbocycles. The molecule has 1 aliphatic heterocycles. The van der Waals surface area contributed by atoms with E-state index in [2.05, 4.69) is 10.1 Å². The smallest absolute Gasteiger partial charge is 0.269 e. The van der Waals surface area contributed by atoms with Crippen molar-refractivity contribution in [3.8, 4) is 5.75 Å². The van der Waals surface area contributed by atoms with Crippen molar-refractivity contribution >= 4 is 34.9 Å². The number of benzene rings is 2. The molecule has 132 valence electrons. The molecule has 0 spiro atoms. The summed E-state index contributed by atoms with van der Waals surface area (Å²) in [7, 11) is 0. The van der Waals surface area contributed by atoms with Gasteiger partial charge in [-0.05, 0) is 43.7 Å². The molecule has 1 aliphatic rings. The van der Waals surface area contributed by atoms with Gasteiger partial charge in [0.2, 0.25) is 0 Å². The van der Waals surface area contributed by atoms with Crippen molar-refractivity contribution in [1.82, 2.24) is 0 Å². The Kier molecular flexibility index (Phi) is 4.49. The first-order chi connectivity index (χ1) is 12.4. The van der Waals surface area contributed by atoms with E-state index in [4.69, 9.17) is 0 Å². The molecule has 3 rings (SSSR count). The lowest BCUT2D eigenvalue weighted by atomic mass is 10.1. The summed E-state index contributed by atoms with van der Waals surface area (Å²) in [6.45, 7) is 3.58. The highest BCUT2D eigenvalue weighted by Gasteiger charge is 2.33. The predicted octanol–water partition coefficient (Wildman–Crippen LogP) is 3.35. The summed E-state index contributed by atoms with van der Waals surface area (Å²) < 4.78 is 0. The molecular formula is C18H16N4O4. The molecule has 2 aromatic carbocycles. The number of hydrogen-bond donors (Lipinski definition) is 1. The third-order valence-electron chi connectivity index (χ3n) is 3.98. The lowest BCUT2D eigenvalue weighted by Gasteiger charge is -2.12. The number of nitro benzene ring substituents is 1. The highest BCUT2D eigenvalue weighted by atomic mass is 16.6. The van der Waals surface area contributed by atoms with Gasteiger partial charge < -0.3 is 5.11 Å². The SMILES string of the molecule is CC1=NN(c2ccc([N+](=O)[O-])cc2)C(=O)C1/C=N/c1cc(C)ccc1O. The summed E-state index contributed by atoms with van der Waals surface area (Å²) in [6.07, 6.45) is 1.45. The number of hydrazone groups is 1. The number of carbonyl (C=O) groups excluding carboxylic acids is 1. The van der Waals surface area contributed by atoms with Gasteiger partial charge in [-0.2, -0.15) is 10.1 Å². The van der Waals surface area contributed by atoms with Gasteiger partial charge in [0.05, 0.1) is 16.3 Å². The molecule has 1 N–H and O–H groups in total. The standard InChI is InChI=1S/C18H16N4O4/c1-11-3-8-17(23)16(9-11)19-10-15-12(2)20-21(18(15)24)13-4-6-14(7-5-13)22(25)26/h3-10,15,23H,1-2H3/b19-10+. The molecular weight excluding hydrogens is 336 g/mol. The number of aliphatic imine (C=N–C) groups is 1. The van der Waals surface area contributed by atoms with Crippen molar-refractivity contribution in [2.45, 2.75) is 13.8 Å². The lowest BCUT2D eigenvalue weighted by Crippen LogP contribution is -2.27. The van der Waals surface area contributed by atoms with Crippen LogP contribution < -0.4 is 5.01 Å². The second-order valence-corrected chi connectivity index (χ2v) is 5.91. The Balaban J connectivity index is 1.82. The van der Waals surface area contributed by atoms with Crippen molar-refractivity contribution in [2.75, 3.05) is 5.01 Å². The number of carbonyl (C=O) groups is 1. The zero-order valence-corrected chi connectivity index (χ0v) is 14.2. The Morgan fingerprint density at radius 1 is 1.23 bits per heavy atom. The van der Waals surface area contributed by atoms with Crippen LogP contribution in [0.1, 0.15) is 12.5 Å². The van der Waals surface area contributed by atoms with Gasteiger partial charge in [0.1, 0.15) is 17.4 Å². The van der Waals surface area contributed by atoms with Crippen LogP contribution in [0.25, 0.3) is 0 Å². The fourth-order valence-electron chi connectivity index (χ4n) is 2.54. The Hall–Kier alpha value is -3.55. The van der Waals surface area contributed by atoms with Gasteiger partial charge in [0.15, 0.2) is 0 Å². The molecule has 8 heteroatoms. The maximum atomic E-state index is 12.6. The normalized spacial score (nSPS) is 17.0. The lowest BCUT2D eigenvalue weighted by molar-refractivity contribution is -0.384. The maximum Gasteiger partial charge on any atom is 0.269 e. The van der Waals surface area contributed by atoms with E-state index >= 15 is 0 Å². The Morgan fingerprint density at radius 3 is 2.58 bits per heavy atom. The second-order valence-electron chi connectivity index (χ2n) is 5.91. The van der Waals surface area contributed by atoms with Gasteiger partial charge in [-0.25, -0.2) is 0 Å². The van der Waals surface area contributed by atoms with Crippen molar-refractivity contribution in [3.63, 3.8) is 0 Å². The van der Waals surface area contributed by atoms with Crippen molar-refractivity contribution < 1.29 is 14.8 Å². The van der Waals surface area contributed by atoms with Gasteiger partial charge in [-0.1, -0.05) is 6.07 Å². The van der Waals surface area contributed by atoms with Gasteiger partial charge in [0.25, 0.3) is 11.6 Å². The van der Waals surface area contributed by atoms with Crippen LogP contribution in [0.3, 0.4) is 0 Å². The minimum Gasteiger partial charge on any atom is -0.506 e. The fraction of sp³-hybridized carbons (Fsp3) is 0.167. The minimum absolute atomic E-state index is 0.0270. The molecule has 0 fully saturated rings. The minimum atomic E-state index is -0.662. The van der Waals surface area contributed by atoms with E-state index in [-0.39, 0.29) is 17.3 Å². The first-order valence-corrected chi connectivity index (χ1v) is 7.84. The zero-order chi connectivity index (χ0) is 18.8. The number of nitrogens with zero attached hydrogens (tertiary/aromatic N) is 4. The van der Waals surface area contributed by atoms with Gasteiger partial charge in [-0.15, -0.1) is 0 Å². The Morgan fingerprint density at radius 2 is 1.92 bits per heavy atom. The first-order valence-electron chi connectivity index (χ1n) is 7.84. The van der Waals surface area contributed by atoms with Crippen LogP contribution in [0.2, 0.25) is 0 Å². The van der Waals surface area contributed by atoms with Crippen molar-refractivity contribution in [2.24, 2.45) is 16.0 Å². The highest BCUT2D eigenvalue weighted by molar-refractivity contribution is 6.23. The van der Waals surface area contributed by atoms with E-state index < -0.39 is 10.8 Å². The van der Waals surface area contributed by atoms with E-state index in [1.807, 2.05) is 6.92 Å². The topological polar surface area (TPSA) is 108 Å². The molecule has 1 amide bonds. The van der Waals surface area contributed by atoms with Crippen LogP contribution in [0.4, 0.5) is 17.1 Å². The number of amides is 1. The molecule has 2 aromatic rings. The first kappa shape index (κ1) is 17.3. The summed E-state index contributed by atoms with van der Waals surface area (Å²) >= 11 is 0. The summed E-state index contributed by atoms with van der Waals surface area (Å²) in [5.41, 5.74) is 2.23. The number of rotatable bonds is 4. The largest absolute Gasteiger partial charge is 0.506 e. The third kappa shape index (κ3) is 3.30. The molecule has 1 atom stereocenters. The number of nitro groups is 1. The monoisotopic (exact) mass is 352 g/mol. The third-order valence-corrected chi connectivity index (χ3v) is 3.98. The fourth-order valence-corrected chi connectivity index (χ4v) is 2.54. The number of phenols is 1. The predicted molar refractivity (Wildman–Crippen MR) is 98.2 cm³/mol. The molecule has 0 saturated heterocycles. The van der Waals surface area contributed by atoms with Gasteiger partial charge in [0, 0.05) is 18.3 Å². The quantitative estimate of drug-likeness (QED) is 0.517. The van der Waals surface area contributed by atoms with E-state index in [1.54, 1.807) is 25.1 Å². The summed E-state index contributed by atoms with van der Waals surface area (Å²) in [6, 6.07) is 10.6. The van der Waals surface area contributed by atoms with Crippen LogP contribution in [-0.4, -0.2) is 27.9 Å². The van der Waals surface area contributed by atoms with Crippen LogP contribution in [0.15, 0.2) is 52.6 Å². The van der Waals surface area contributed by atoms with E-state index in [1.165, 1.54) is 35.5 Å². The molecule has 0 bridgehead atoms. The molecule has 8 nitrogen and oxygen atoms in total. The van der Waals surface area contributed by atoms with Gasteiger partial charge >= 0.3 is 0 Å². The molecule has 1 heterocycles. The molecule has 1 unspecified atom stereocenters. The van der Waals surface area contributed by atoms with E-state index in [0.29, 0.717) is 17.1 Å². The number of aromatic hydroxyl groups is 1. The summed E-state index contributed by atoms with van der Waals surface area (Å²) in [5.74, 6) is -0.948. The van der Waals surface area contributed by atoms with E-state index in [0.717, 1.165) is 5.56 Å². The average molecular weight is 352 g/mol. The average Bonchev–Trinajstić information content (AvgIpc) is 2.90. The van der Waals surface area contributed by atoms with Crippen molar-refractivity contribution in [3.05, 3.63) is 58.1 Å².